The van der Waals surface area contributed by atoms with Crippen molar-refractivity contribution in [2.45, 2.75) is 104 Å². The lowest BCUT2D eigenvalue weighted by atomic mass is 10.1. The largest absolute Gasteiger partial charge is 0.472 e. The van der Waals surface area contributed by atoms with E-state index in [0.29, 0.717) is 13.2 Å². The van der Waals surface area contributed by atoms with Crippen LogP contribution in [0, 0.1) is 0 Å². The van der Waals surface area contributed by atoms with Crippen LogP contribution in [0.4, 0.5) is 0 Å². The molecule has 0 aliphatic heterocycles. The van der Waals surface area contributed by atoms with Gasteiger partial charge in [-0.15, -0.1) is 0 Å². The molecule has 0 aliphatic carbocycles. The highest BCUT2D eigenvalue weighted by Crippen LogP contribution is 2.43. The minimum absolute atomic E-state index is 0.296. The van der Waals surface area contributed by atoms with Gasteiger partial charge < -0.3 is 4.89 Å². The zero-order valence-corrected chi connectivity index (χ0v) is 21.6. The quantitative estimate of drug-likeness (QED) is 0.114. The fourth-order valence-electron chi connectivity index (χ4n) is 2.89. The maximum absolute atomic E-state index is 11.8. The molecule has 0 rings (SSSR count). The van der Waals surface area contributed by atoms with Crippen LogP contribution in [-0.2, 0) is 13.6 Å². The lowest BCUT2D eigenvalue weighted by Crippen LogP contribution is -2.00. The zero-order valence-electron chi connectivity index (χ0n) is 19.1. The Morgan fingerprint density at radius 1 is 0.586 bits per heavy atom. The molecule has 0 fully saturated rings. The summed E-state index contributed by atoms with van der Waals surface area (Å²) in [5.41, 5.74) is 0. The molecule has 0 heterocycles. The van der Waals surface area contributed by atoms with Crippen molar-refractivity contribution in [1.82, 2.24) is 0 Å². The Morgan fingerprint density at radius 3 is 1.34 bits per heavy atom. The lowest BCUT2D eigenvalue weighted by molar-refractivity contribution is 0.150. The second kappa shape index (κ2) is 23.5. The van der Waals surface area contributed by atoms with Crippen molar-refractivity contribution in [2.75, 3.05) is 36.2 Å². The molecule has 0 atom stereocenters. The fraction of sp³-hybridized carbons (Fsp3) is 1.00. The monoisotopic (exact) mass is 470 g/mol. The van der Waals surface area contributed by atoms with Crippen LogP contribution < -0.4 is 0 Å². The molecule has 0 unspecified atom stereocenters. The van der Waals surface area contributed by atoms with Gasteiger partial charge in [0, 0.05) is 0 Å². The normalized spacial score (nSPS) is 12.0. The van der Waals surface area contributed by atoms with Gasteiger partial charge in [0.15, 0.2) is 0 Å². The van der Waals surface area contributed by atoms with Crippen LogP contribution in [0.5, 0.6) is 0 Å². The van der Waals surface area contributed by atoms with E-state index in [9.17, 15) is 9.46 Å². The second-order valence-corrected chi connectivity index (χ2v) is 11.5. The summed E-state index contributed by atoms with van der Waals surface area (Å²) in [6, 6.07) is 0. The van der Waals surface area contributed by atoms with Gasteiger partial charge >= 0.3 is 7.82 Å². The van der Waals surface area contributed by atoms with Gasteiger partial charge in [0.25, 0.3) is 0 Å². The number of hydrogen-bond acceptors (Lipinski definition) is 5. The van der Waals surface area contributed by atoms with Crippen molar-refractivity contribution in [3.63, 3.8) is 0 Å². The molecule has 0 saturated carbocycles. The van der Waals surface area contributed by atoms with Crippen LogP contribution in [0.3, 0.4) is 0 Å². The molecular formula is C22H47O4PS2. The molecule has 0 aliphatic rings. The molecule has 0 aromatic rings. The van der Waals surface area contributed by atoms with E-state index in [-0.39, 0.29) is 0 Å². The third-order valence-corrected chi connectivity index (χ3v) is 7.99. The number of hydrogen-bond donors (Lipinski definition) is 1. The van der Waals surface area contributed by atoms with Crippen molar-refractivity contribution in [1.29, 1.82) is 0 Å². The summed E-state index contributed by atoms with van der Waals surface area (Å²) in [5, 5.41) is 0. The summed E-state index contributed by atoms with van der Waals surface area (Å²) in [7, 11) is -3.87. The number of rotatable bonds is 24. The number of phosphoric ester groups is 1. The van der Waals surface area contributed by atoms with Gasteiger partial charge in [0.2, 0.25) is 0 Å². The highest BCUT2D eigenvalue weighted by molar-refractivity contribution is 7.99. The summed E-state index contributed by atoms with van der Waals surface area (Å²) in [6.07, 6.45) is 17.5. The van der Waals surface area contributed by atoms with Crippen molar-refractivity contribution < 1.29 is 18.5 Å². The molecule has 0 aromatic carbocycles. The molecular weight excluding hydrogens is 423 g/mol. The SMILES string of the molecule is CCCCCCCCSCCCOP(=O)(O)OCCCSCCCCCCCC. The Balaban J connectivity index is 3.31. The first-order valence-corrected chi connectivity index (χ1v) is 15.7. The van der Waals surface area contributed by atoms with Crippen molar-refractivity contribution in [3.05, 3.63) is 0 Å². The van der Waals surface area contributed by atoms with Gasteiger partial charge in [-0.25, -0.2) is 4.57 Å². The molecule has 29 heavy (non-hydrogen) atoms. The summed E-state index contributed by atoms with van der Waals surface area (Å²) in [5.74, 6) is 4.31. The van der Waals surface area contributed by atoms with E-state index in [2.05, 4.69) is 13.8 Å². The molecule has 176 valence electrons. The van der Waals surface area contributed by atoms with E-state index in [4.69, 9.17) is 9.05 Å². The Hall–Kier alpha value is 0.810. The van der Waals surface area contributed by atoms with Crippen molar-refractivity contribution in [3.8, 4) is 0 Å². The first-order valence-electron chi connectivity index (χ1n) is 11.9. The summed E-state index contributed by atoms with van der Waals surface area (Å²) < 4.78 is 22.0. The van der Waals surface area contributed by atoms with Gasteiger partial charge in [-0.1, -0.05) is 78.1 Å². The van der Waals surface area contributed by atoms with E-state index in [0.717, 1.165) is 24.3 Å². The molecule has 1 N–H and O–H groups in total. The Bertz CT molecular complexity index is 343. The van der Waals surface area contributed by atoms with Crippen LogP contribution in [-0.4, -0.2) is 41.1 Å². The summed E-state index contributed by atoms with van der Waals surface area (Å²) in [4.78, 5) is 9.70. The van der Waals surface area contributed by atoms with Crippen molar-refractivity contribution >= 4 is 31.3 Å². The van der Waals surface area contributed by atoms with Gasteiger partial charge in [-0.2, -0.15) is 23.5 Å². The molecule has 0 radical (unpaired) electrons. The number of unbranched alkanes of at least 4 members (excludes halogenated alkanes) is 10. The number of phosphoric acid groups is 1. The van der Waals surface area contributed by atoms with E-state index in [1.54, 1.807) is 0 Å². The maximum atomic E-state index is 11.8. The van der Waals surface area contributed by atoms with Crippen LogP contribution >= 0.6 is 31.3 Å². The average Bonchev–Trinajstić information content (AvgIpc) is 2.70. The summed E-state index contributed by atoms with van der Waals surface area (Å²) in [6.45, 7) is 5.07. The van der Waals surface area contributed by atoms with Crippen LogP contribution in [0.25, 0.3) is 0 Å². The smallest absolute Gasteiger partial charge is 0.302 e. The first-order chi connectivity index (χ1) is 14.1. The molecule has 7 heteroatoms. The predicted molar refractivity (Wildman–Crippen MR) is 132 cm³/mol. The van der Waals surface area contributed by atoms with Gasteiger partial charge in [-0.05, 0) is 48.7 Å². The first kappa shape index (κ1) is 29.8. The van der Waals surface area contributed by atoms with Crippen LogP contribution in [0.2, 0.25) is 0 Å². The van der Waals surface area contributed by atoms with E-state index < -0.39 is 7.82 Å². The fourth-order valence-corrected chi connectivity index (χ4v) is 5.55. The third-order valence-electron chi connectivity index (χ3n) is 4.66. The van der Waals surface area contributed by atoms with Gasteiger partial charge in [-0.3, -0.25) is 9.05 Å². The lowest BCUT2D eigenvalue weighted by Gasteiger charge is -2.12. The molecule has 4 nitrogen and oxygen atoms in total. The molecule has 0 bridgehead atoms. The van der Waals surface area contributed by atoms with Crippen molar-refractivity contribution in [2.24, 2.45) is 0 Å². The van der Waals surface area contributed by atoms with Gasteiger partial charge in [0.1, 0.15) is 0 Å². The summed E-state index contributed by atoms with van der Waals surface area (Å²) >= 11 is 3.82. The average molecular weight is 471 g/mol. The van der Waals surface area contributed by atoms with E-state index in [1.165, 1.54) is 88.6 Å². The predicted octanol–water partition coefficient (Wildman–Crippen LogP) is 8.09. The third kappa shape index (κ3) is 24.9. The van der Waals surface area contributed by atoms with Gasteiger partial charge in [0.05, 0.1) is 13.2 Å². The van der Waals surface area contributed by atoms with E-state index >= 15 is 0 Å². The standard InChI is InChI=1S/C22H47O4PS2/c1-3-5-7-9-11-13-19-28-21-15-17-25-27(23,24)26-18-16-22-29-20-14-12-10-8-6-4-2/h3-22H2,1-2H3,(H,23,24). The minimum atomic E-state index is -3.87. The van der Waals surface area contributed by atoms with Crippen LogP contribution in [0.15, 0.2) is 0 Å². The second-order valence-electron chi connectivity index (χ2n) is 7.60. The minimum Gasteiger partial charge on any atom is -0.302 e. The molecule has 0 amide bonds. The highest BCUT2D eigenvalue weighted by Gasteiger charge is 2.19. The molecule has 0 aromatic heterocycles. The Morgan fingerprint density at radius 2 is 0.931 bits per heavy atom. The zero-order chi connectivity index (χ0) is 21.5. The Labute approximate surface area is 189 Å². The number of thioether (sulfide) groups is 2. The molecule has 0 spiro atoms. The highest BCUT2D eigenvalue weighted by atomic mass is 32.2. The molecule has 0 saturated heterocycles. The topological polar surface area (TPSA) is 55.8 Å². The Kier molecular flexibility index (Phi) is 24.1. The maximum Gasteiger partial charge on any atom is 0.472 e. The van der Waals surface area contributed by atoms with Crippen LogP contribution in [0.1, 0.15) is 104 Å². The van der Waals surface area contributed by atoms with E-state index in [1.807, 2.05) is 23.5 Å².